The Bertz CT molecular complexity index is 1130. The van der Waals surface area contributed by atoms with Crippen molar-refractivity contribution >= 4 is 46.4 Å². The largest absolute Gasteiger partial charge is 0.507 e. The van der Waals surface area contributed by atoms with Crippen molar-refractivity contribution in [1.82, 2.24) is 0 Å². The topological polar surface area (TPSA) is 109 Å². The zero-order valence-electron chi connectivity index (χ0n) is 16.0. The fourth-order valence-electron chi connectivity index (χ4n) is 2.67. The monoisotopic (exact) mass is 449 g/mol. The van der Waals surface area contributed by atoms with Crippen molar-refractivity contribution in [1.29, 1.82) is 0 Å². The maximum absolute atomic E-state index is 12.6. The Labute approximate surface area is 181 Å². The Morgan fingerprint density at radius 2 is 1.93 bits per heavy atom. The first-order valence-electron chi connectivity index (χ1n) is 8.80. The number of furan rings is 1. The molecule has 0 bridgehead atoms. The molecule has 10 heteroatoms. The number of nitrogens with zero attached hydrogens (tertiary/aromatic N) is 2. The molecule has 2 aromatic carbocycles. The summed E-state index contributed by atoms with van der Waals surface area (Å²) in [4.78, 5) is 24.7. The van der Waals surface area contributed by atoms with Crippen molar-refractivity contribution < 1.29 is 19.2 Å². The fourth-order valence-corrected chi connectivity index (χ4v) is 3.15. The zero-order chi connectivity index (χ0) is 22.0. The molecule has 2 N–H and O–H groups in total. The van der Waals surface area contributed by atoms with Crippen molar-refractivity contribution in [2.75, 3.05) is 23.8 Å². The Kier molecular flexibility index (Phi) is 6.19. The van der Waals surface area contributed by atoms with Gasteiger partial charge < -0.3 is 19.7 Å². The number of hydrogen-bond acceptors (Lipinski definition) is 6. The second-order valence-electron chi connectivity index (χ2n) is 6.38. The van der Waals surface area contributed by atoms with E-state index >= 15 is 0 Å². The molecule has 0 saturated heterocycles. The van der Waals surface area contributed by atoms with Crippen LogP contribution in [0.25, 0.3) is 11.3 Å². The number of nitro groups is 1. The summed E-state index contributed by atoms with van der Waals surface area (Å²) in [6.45, 7) is 2.72. The van der Waals surface area contributed by atoms with E-state index in [1.807, 2.05) is 18.9 Å². The van der Waals surface area contributed by atoms with Gasteiger partial charge in [-0.1, -0.05) is 23.2 Å². The molecule has 3 rings (SSSR count). The van der Waals surface area contributed by atoms with Gasteiger partial charge in [-0.2, -0.15) is 0 Å². The van der Waals surface area contributed by atoms with Crippen LogP contribution in [0.2, 0.25) is 10.0 Å². The maximum Gasteiger partial charge on any atom is 0.271 e. The van der Waals surface area contributed by atoms with Gasteiger partial charge in [0.25, 0.3) is 11.6 Å². The number of anilines is 2. The molecule has 1 amide bonds. The van der Waals surface area contributed by atoms with Crippen molar-refractivity contribution in [2.45, 2.75) is 6.92 Å². The lowest BCUT2D eigenvalue weighted by molar-refractivity contribution is -0.384. The van der Waals surface area contributed by atoms with Gasteiger partial charge in [-0.3, -0.25) is 14.9 Å². The minimum atomic E-state index is -0.678. The summed E-state index contributed by atoms with van der Waals surface area (Å²) in [5.41, 5.74) is 0.287. The number of phenols is 1. The highest BCUT2D eigenvalue weighted by atomic mass is 35.5. The van der Waals surface area contributed by atoms with Crippen LogP contribution in [0, 0.1) is 10.1 Å². The van der Waals surface area contributed by atoms with Crippen LogP contribution in [-0.2, 0) is 0 Å². The lowest BCUT2D eigenvalue weighted by Crippen LogP contribution is -2.14. The minimum absolute atomic E-state index is 0.0112. The van der Waals surface area contributed by atoms with Crippen LogP contribution in [0.4, 0.5) is 17.3 Å². The van der Waals surface area contributed by atoms with Crippen molar-refractivity contribution in [3.05, 3.63) is 68.2 Å². The molecule has 0 aliphatic carbocycles. The summed E-state index contributed by atoms with van der Waals surface area (Å²) in [6, 6.07) is 9.78. The lowest BCUT2D eigenvalue weighted by Gasteiger charge is -2.13. The number of nitrogens with one attached hydrogen (secondary N) is 1. The summed E-state index contributed by atoms with van der Waals surface area (Å²) < 4.78 is 5.76. The van der Waals surface area contributed by atoms with E-state index in [1.54, 1.807) is 12.1 Å². The average molecular weight is 450 g/mol. The summed E-state index contributed by atoms with van der Waals surface area (Å²) >= 11 is 12.3. The van der Waals surface area contributed by atoms with Gasteiger partial charge in [0.05, 0.1) is 26.2 Å². The second-order valence-corrected chi connectivity index (χ2v) is 7.19. The molecule has 3 aromatic rings. The molecule has 8 nitrogen and oxygen atoms in total. The molecule has 0 fully saturated rings. The Morgan fingerprint density at radius 3 is 2.57 bits per heavy atom. The number of aromatic hydroxyl groups is 1. The van der Waals surface area contributed by atoms with Crippen LogP contribution < -0.4 is 10.2 Å². The van der Waals surface area contributed by atoms with Gasteiger partial charge in [0.15, 0.2) is 5.88 Å². The van der Waals surface area contributed by atoms with Gasteiger partial charge in [0.1, 0.15) is 11.5 Å². The number of phenolic OH excluding ortho intramolecular Hbond substituents is 1. The number of amides is 1. The van der Waals surface area contributed by atoms with Crippen molar-refractivity contribution in [2.24, 2.45) is 0 Å². The van der Waals surface area contributed by atoms with Gasteiger partial charge in [0.2, 0.25) is 0 Å². The van der Waals surface area contributed by atoms with E-state index in [0.29, 0.717) is 17.2 Å². The van der Waals surface area contributed by atoms with E-state index in [9.17, 15) is 20.0 Å². The number of rotatable bonds is 6. The standard InChI is InChI=1S/C20H17Cl2N3O5/c1-3-24(2)19-7-6-18(30-19)12-10-17(26)13(9-14(12)21)20(27)23-16-5-4-11(25(28)29)8-15(16)22/h4-10,26H,3H2,1-2H3,(H,23,27). The van der Waals surface area contributed by atoms with Gasteiger partial charge in [0, 0.05) is 37.4 Å². The summed E-state index contributed by atoms with van der Waals surface area (Å²) in [6.07, 6.45) is 0. The van der Waals surface area contributed by atoms with Crippen LogP contribution in [0.1, 0.15) is 17.3 Å². The number of halogens is 2. The predicted octanol–water partition coefficient (Wildman–Crippen LogP) is 5.58. The third-order valence-electron chi connectivity index (χ3n) is 4.45. The molecule has 1 aromatic heterocycles. The maximum atomic E-state index is 12.6. The Hall–Kier alpha value is -3.23. The van der Waals surface area contributed by atoms with Crippen LogP contribution in [0.3, 0.4) is 0 Å². The molecule has 1 heterocycles. The smallest absolute Gasteiger partial charge is 0.271 e. The number of carbonyl (C=O) groups is 1. The summed E-state index contributed by atoms with van der Waals surface area (Å²) in [5, 5.41) is 23.9. The molecule has 30 heavy (non-hydrogen) atoms. The van der Waals surface area contributed by atoms with Crippen molar-refractivity contribution in [3.8, 4) is 17.1 Å². The first kappa shape index (κ1) is 21.5. The molecular weight excluding hydrogens is 433 g/mol. The number of benzene rings is 2. The van der Waals surface area contributed by atoms with E-state index in [1.165, 1.54) is 24.3 Å². The molecule has 0 saturated carbocycles. The first-order chi connectivity index (χ1) is 14.2. The molecule has 0 aliphatic rings. The zero-order valence-corrected chi connectivity index (χ0v) is 17.5. The SMILES string of the molecule is CCN(C)c1ccc(-c2cc(O)c(C(=O)Nc3ccc([N+](=O)[O-])cc3Cl)cc2Cl)o1. The van der Waals surface area contributed by atoms with Crippen LogP contribution in [0.15, 0.2) is 46.9 Å². The van der Waals surface area contributed by atoms with Crippen LogP contribution in [0.5, 0.6) is 5.75 Å². The van der Waals surface area contributed by atoms with Gasteiger partial charge in [-0.05, 0) is 31.2 Å². The number of hydrogen-bond donors (Lipinski definition) is 2. The fraction of sp³-hybridized carbons (Fsp3) is 0.150. The van der Waals surface area contributed by atoms with Gasteiger partial charge in [-0.25, -0.2) is 0 Å². The molecule has 0 atom stereocenters. The average Bonchev–Trinajstić information content (AvgIpc) is 3.20. The summed E-state index contributed by atoms with van der Waals surface area (Å²) in [5.74, 6) is 0.0861. The Balaban J connectivity index is 1.87. The van der Waals surface area contributed by atoms with E-state index in [-0.39, 0.29) is 32.7 Å². The highest BCUT2D eigenvalue weighted by Gasteiger charge is 2.19. The molecule has 0 spiro atoms. The normalized spacial score (nSPS) is 10.7. The molecule has 0 radical (unpaired) electrons. The third kappa shape index (κ3) is 4.34. The highest BCUT2D eigenvalue weighted by molar-refractivity contribution is 6.35. The quantitative estimate of drug-likeness (QED) is 0.375. The van der Waals surface area contributed by atoms with E-state index in [2.05, 4.69) is 5.32 Å². The lowest BCUT2D eigenvalue weighted by atomic mass is 10.1. The molecule has 156 valence electrons. The number of carbonyl (C=O) groups excluding carboxylic acids is 1. The van der Waals surface area contributed by atoms with E-state index in [0.717, 1.165) is 12.6 Å². The predicted molar refractivity (Wildman–Crippen MR) is 116 cm³/mol. The molecule has 0 unspecified atom stereocenters. The molecular formula is C20H17Cl2N3O5. The van der Waals surface area contributed by atoms with E-state index < -0.39 is 10.8 Å². The summed E-state index contributed by atoms with van der Waals surface area (Å²) in [7, 11) is 1.87. The second kappa shape index (κ2) is 8.64. The number of non-ortho nitro benzene ring substituents is 1. The van der Waals surface area contributed by atoms with Gasteiger partial charge >= 0.3 is 0 Å². The van der Waals surface area contributed by atoms with Crippen LogP contribution in [-0.4, -0.2) is 29.5 Å². The number of nitro benzene ring substituents is 1. The van der Waals surface area contributed by atoms with Crippen molar-refractivity contribution in [3.63, 3.8) is 0 Å². The Morgan fingerprint density at radius 1 is 1.20 bits per heavy atom. The highest BCUT2D eigenvalue weighted by Crippen LogP contribution is 2.37. The third-order valence-corrected chi connectivity index (χ3v) is 5.07. The minimum Gasteiger partial charge on any atom is -0.507 e. The van der Waals surface area contributed by atoms with E-state index in [4.69, 9.17) is 27.6 Å². The van der Waals surface area contributed by atoms with Crippen LogP contribution >= 0.6 is 23.2 Å². The molecule has 0 aliphatic heterocycles. The first-order valence-corrected chi connectivity index (χ1v) is 9.56. The van der Waals surface area contributed by atoms with Gasteiger partial charge in [-0.15, -0.1) is 0 Å².